The number of amides is 2. The van der Waals surface area contributed by atoms with Crippen molar-refractivity contribution >= 4 is 28.3 Å². The van der Waals surface area contributed by atoms with Gasteiger partial charge < -0.3 is 9.64 Å². The van der Waals surface area contributed by atoms with Gasteiger partial charge in [-0.25, -0.2) is 4.98 Å². The molecule has 0 atom stereocenters. The van der Waals surface area contributed by atoms with E-state index in [1.807, 2.05) is 24.0 Å². The van der Waals surface area contributed by atoms with Crippen LogP contribution >= 0.6 is 11.3 Å². The van der Waals surface area contributed by atoms with Crippen LogP contribution < -0.4 is 10.1 Å². The third-order valence-electron chi connectivity index (χ3n) is 5.22. The van der Waals surface area contributed by atoms with Gasteiger partial charge in [0.1, 0.15) is 5.75 Å². The highest BCUT2D eigenvalue weighted by molar-refractivity contribution is 7.15. The van der Waals surface area contributed by atoms with Crippen molar-refractivity contribution in [1.29, 1.82) is 0 Å². The van der Waals surface area contributed by atoms with Crippen LogP contribution in [0.1, 0.15) is 62.7 Å². The molecule has 31 heavy (non-hydrogen) atoms. The maximum Gasteiger partial charge on any atom is 0.264 e. The molecule has 0 saturated heterocycles. The van der Waals surface area contributed by atoms with Crippen LogP contribution in [0.5, 0.6) is 5.75 Å². The van der Waals surface area contributed by atoms with E-state index < -0.39 is 0 Å². The monoisotopic (exact) mass is 443 g/mol. The van der Waals surface area contributed by atoms with Crippen molar-refractivity contribution in [2.45, 2.75) is 66.3 Å². The zero-order valence-electron chi connectivity index (χ0n) is 19.4. The summed E-state index contributed by atoms with van der Waals surface area (Å²) in [7, 11) is 0. The van der Waals surface area contributed by atoms with E-state index in [2.05, 4.69) is 51.0 Å². The summed E-state index contributed by atoms with van der Waals surface area (Å²) in [5, 5.41) is 3.42. The number of aromatic nitrogens is 1. The number of ether oxygens (including phenoxy) is 1. The van der Waals surface area contributed by atoms with Crippen LogP contribution in [-0.2, 0) is 28.0 Å². The summed E-state index contributed by atoms with van der Waals surface area (Å²) in [6.07, 6.45) is 1.28. The van der Waals surface area contributed by atoms with Crippen molar-refractivity contribution in [2.24, 2.45) is 5.92 Å². The Kier molecular flexibility index (Phi) is 7.04. The molecule has 0 radical (unpaired) electrons. The molecule has 1 aliphatic heterocycles. The number of thiazole rings is 1. The largest absolute Gasteiger partial charge is 0.483 e. The molecular formula is C24H33N3O3S. The van der Waals surface area contributed by atoms with Gasteiger partial charge in [0.15, 0.2) is 11.7 Å². The third-order valence-corrected chi connectivity index (χ3v) is 6.21. The average molecular weight is 444 g/mol. The Balaban J connectivity index is 1.60. The Morgan fingerprint density at radius 3 is 2.71 bits per heavy atom. The molecular weight excluding hydrogens is 410 g/mol. The molecule has 0 saturated carbocycles. The van der Waals surface area contributed by atoms with E-state index in [4.69, 9.17) is 4.74 Å². The van der Waals surface area contributed by atoms with E-state index in [1.54, 1.807) is 0 Å². The van der Waals surface area contributed by atoms with E-state index in [9.17, 15) is 9.59 Å². The predicted octanol–water partition coefficient (Wildman–Crippen LogP) is 4.70. The number of rotatable bonds is 6. The molecule has 168 valence electrons. The number of carbonyl (C=O) groups is 2. The lowest BCUT2D eigenvalue weighted by Gasteiger charge is -2.26. The van der Waals surface area contributed by atoms with E-state index in [0.717, 1.165) is 33.9 Å². The van der Waals surface area contributed by atoms with Gasteiger partial charge in [-0.15, -0.1) is 0 Å². The molecule has 1 aromatic carbocycles. The topological polar surface area (TPSA) is 71.5 Å². The van der Waals surface area contributed by atoms with Gasteiger partial charge in [0.05, 0.1) is 12.2 Å². The first-order valence-electron chi connectivity index (χ1n) is 10.8. The Morgan fingerprint density at radius 2 is 2.03 bits per heavy atom. The second-order valence-electron chi connectivity index (χ2n) is 9.64. The van der Waals surface area contributed by atoms with Gasteiger partial charge in [0.2, 0.25) is 5.91 Å². The van der Waals surface area contributed by atoms with Crippen LogP contribution in [0.4, 0.5) is 5.13 Å². The number of aryl methyl sites for hydroxylation is 1. The molecule has 0 spiro atoms. The lowest BCUT2D eigenvalue weighted by molar-refractivity contribution is -0.132. The number of hydrogen-bond donors (Lipinski definition) is 1. The molecule has 0 aliphatic carbocycles. The van der Waals surface area contributed by atoms with Crippen molar-refractivity contribution in [1.82, 2.24) is 9.88 Å². The molecule has 1 aromatic heterocycles. The van der Waals surface area contributed by atoms with Gasteiger partial charge in [0.25, 0.3) is 5.91 Å². The van der Waals surface area contributed by atoms with E-state index in [1.165, 1.54) is 11.3 Å². The lowest BCUT2D eigenvalue weighted by Crippen LogP contribution is -2.36. The van der Waals surface area contributed by atoms with E-state index in [0.29, 0.717) is 30.6 Å². The second-order valence-corrected chi connectivity index (χ2v) is 10.7. The number of benzene rings is 1. The minimum Gasteiger partial charge on any atom is -0.483 e. The SMILES string of the molecule is Cc1ccc(OCC(=O)Nc2nc3c(s2)CN(C(=O)CC(C)C)CC3)c(C(C)(C)C)c1. The standard InChI is InChI=1S/C24H33N3O3S/c1-15(2)11-22(29)27-10-9-18-20(13-27)31-23(25-18)26-21(28)14-30-19-8-7-16(3)12-17(19)24(4,5)6/h7-8,12,15H,9-11,13-14H2,1-6H3,(H,25,26,28). The van der Waals surface area contributed by atoms with Gasteiger partial charge in [-0.3, -0.25) is 14.9 Å². The number of nitrogens with one attached hydrogen (secondary N) is 1. The number of fused-ring (bicyclic) bond motifs is 1. The number of carbonyl (C=O) groups excluding carboxylic acids is 2. The molecule has 3 rings (SSSR count). The Morgan fingerprint density at radius 1 is 1.29 bits per heavy atom. The van der Waals surface area contributed by atoms with Crippen LogP contribution in [0, 0.1) is 12.8 Å². The molecule has 1 N–H and O–H groups in total. The van der Waals surface area contributed by atoms with Gasteiger partial charge in [-0.1, -0.05) is 63.7 Å². The first-order chi connectivity index (χ1) is 14.5. The average Bonchev–Trinajstić information content (AvgIpc) is 3.07. The molecule has 2 aromatic rings. The van der Waals surface area contributed by atoms with Crippen molar-refractivity contribution in [3.8, 4) is 5.75 Å². The summed E-state index contributed by atoms with van der Waals surface area (Å²) in [6.45, 7) is 13.7. The van der Waals surface area contributed by atoms with Crippen molar-refractivity contribution < 1.29 is 14.3 Å². The predicted molar refractivity (Wildman–Crippen MR) is 125 cm³/mol. The highest BCUT2D eigenvalue weighted by atomic mass is 32.1. The van der Waals surface area contributed by atoms with Crippen molar-refractivity contribution in [3.05, 3.63) is 39.9 Å². The first-order valence-corrected chi connectivity index (χ1v) is 11.6. The summed E-state index contributed by atoms with van der Waals surface area (Å²) in [6, 6.07) is 6.02. The molecule has 1 aliphatic rings. The fourth-order valence-electron chi connectivity index (χ4n) is 3.59. The molecule has 7 heteroatoms. The Hall–Kier alpha value is -2.41. The Labute approximate surface area is 189 Å². The number of anilines is 1. The summed E-state index contributed by atoms with van der Waals surface area (Å²) in [5.74, 6) is 1.02. The second kappa shape index (κ2) is 9.39. The van der Waals surface area contributed by atoms with Gasteiger partial charge in [0, 0.05) is 24.3 Å². The molecule has 2 amide bonds. The minimum absolute atomic E-state index is 0.0740. The van der Waals surface area contributed by atoms with Gasteiger partial charge >= 0.3 is 0 Å². The van der Waals surface area contributed by atoms with Crippen molar-refractivity contribution in [3.63, 3.8) is 0 Å². The summed E-state index contributed by atoms with van der Waals surface area (Å²) in [4.78, 5) is 32.4. The van der Waals surface area contributed by atoms with Crippen LogP contribution in [0.3, 0.4) is 0 Å². The zero-order chi connectivity index (χ0) is 22.8. The summed E-state index contributed by atoms with van der Waals surface area (Å²) in [5.41, 5.74) is 3.14. The molecule has 0 bridgehead atoms. The molecule has 0 fully saturated rings. The van der Waals surface area contributed by atoms with Crippen LogP contribution in [0.25, 0.3) is 0 Å². The number of hydrogen-bond acceptors (Lipinski definition) is 5. The normalized spacial score (nSPS) is 13.8. The molecule has 0 unspecified atom stereocenters. The van der Waals surface area contributed by atoms with Gasteiger partial charge in [-0.05, 0) is 29.9 Å². The summed E-state index contributed by atoms with van der Waals surface area (Å²) >= 11 is 1.44. The maximum absolute atomic E-state index is 12.5. The lowest BCUT2D eigenvalue weighted by atomic mass is 9.85. The van der Waals surface area contributed by atoms with E-state index in [-0.39, 0.29) is 23.8 Å². The zero-order valence-corrected chi connectivity index (χ0v) is 20.2. The van der Waals surface area contributed by atoms with Crippen LogP contribution in [0.2, 0.25) is 0 Å². The highest BCUT2D eigenvalue weighted by Gasteiger charge is 2.25. The fourth-order valence-corrected chi connectivity index (χ4v) is 4.63. The number of nitrogens with zero attached hydrogens (tertiary/aromatic N) is 2. The highest BCUT2D eigenvalue weighted by Crippen LogP contribution is 2.32. The molecule has 6 nitrogen and oxygen atoms in total. The minimum atomic E-state index is -0.237. The van der Waals surface area contributed by atoms with Crippen molar-refractivity contribution in [2.75, 3.05) is 18.5 Å². The molecule has 2 heterocycles. The maximum atomic E-state index is 12.5. The summed E-state index contributed by atoms with van der Waals surface area (Å²) < 4.78 is 5.85. The van der Waals surface area contributed by atoms with Crippen LogP contribution in [0.15, 0.2) is 18.2 Å². The smallest absolute Gasteiger partial charge is 0.264 e. The van der Waals surface area contributed by atoms with E-state index >= 15 is 0 Å². The third kappa shape index (κ3) is 6.06. The van der Waals surface area contributed by atoms with Crippen LogP contribution in [-0.4, -0.2) is 34.8 Å². The fraction of sp³-hybridized carbons (Fsp3) is 0.542. The Bertz CT molecular complexity index is 959. The quantitative estimate of drug-likeness (QED) is 0.703. The first kappa shape index (κ1) is 23.3. The van der Waals surface area contributed by atoms with Gasteiger partial charge in [-0.2, -0.15) is 0 Å².